The number of hydrogen-bond donors (Lipinski definition) is 1. The molecule has 0 radical (unpaired) electrons. The van der Waals surface area contributed by atoms with Crippen molar-refractivity contribution in [2.45, 2.75) is 6.04 Å². The molecule has 0 amide bonds. The Morgan fingerprint density at radius 2 is 2.25 bits per heavy atom. The fraction of sp³-hybridized carbons (Fsp3) is 0.111. The van der Waals surface area contributed by atoms with Gasteiger partial charge in [-0.1, -0.05) is 23.7 Å². The van der Waals surface area contributed by atoms with Crippen LogP contribution in [0.15, 0.2) is 35.3 Å². The molecule has 3 heteroatoms. The largest absolute Gasteiger partial charge is 0.321 e. The summed E-state index contributed by atoms with van der Waals surface area (Å²) in [5, 5.41) is 0.671. The summed E-state index contributed by atoms with van der Waals surface area (Å²) in [5.41, 5.74) is 6.69. The van der Waals surface area contributed by atoms with Gasteiger partial charge in [-0.05, 0) is 33.6 Å². The summed E-state index contributed by atoms with van der Waals surface area (Å²) in [4.78, 5) is 0. The molecule has 64 valence electrons. The molecule has 0 aliphatic rings. The molecule has 1 atom stereocenters. The maximum Gasteiger partial charge on any atom is 0.0551 e. The van der Waals surface area contributed by atoms with Gasteiger partial charge in [-0.15, -0.1) is 6.58 Å². The predicted octanol–water partition coefficient (Wildman–Crippen LogP) is 3.29. The van der Waals surface area contributed by atoms with Crippen molar-refractivity contribution >= 4 is 27.5 Å². The van der Waals surface area contributed by atoms with Crippen LogP contribution < -0.4 is 5.73 Å². The van der Waals surface area contributed by atoms with E-state index in [-0.39, 0.29) is 6.04 Å². The molecule has 0 saturated heterocycles. The van der Waals surface area contributed by atoms with Gasteiger partial charge in [0.15, 0.2) is 0 Å². The van der Waals surface area contributed by atoms with Crippen LogP contribution >= 0.6 is 27.5 Å². The molecule has 0 heterocycles. The third-order valence-corrected chi connectivity index (χ3v) is 2.81. The third-order valence-electron chi connectivity index (χ3n) is 1.58. The van der Waals surface area contributed by atoms with Crippen molar-refractivity contribution in [3.8, 4) is 0 Å². The lowest BCUT2D eigenvalue weighted by Gasteiger charge is -2.06. The number of rotatable bonds is 2. The Balaban J connectivity index is 3.04. The van der Waals surface area contributed by atoms with Gasteiger partial charge in [0.25, 0.3) is 0 Å². The number of benzene rings is 1. The quantitative estimate of drug-likeness (QED) is 0.796. The zero-order chi connectivity index (χ0) is 9.14. The van der Waals surface area contributed by atoms with Crippen LogP contribution in [0, 0.1) is 0 Å². The van der Waals surface area contributed by atoms with E-state index >= 15 is 0 Å². The van der Waals surface area contributed by atoms with E-state index in [1.54, 1.807) is 6.08 Å². The second-order valence-electron chi connectivity index (χ2n) is 2.44. The molecular weight excluding hydrogens is 237 g/mol. The Bertz CT molecular complexity index is 299. The van der Waals surface area contributed by atoms with Crippen LogP contribution in [0.3, 0.4) is 0 Å². The van der Waals surface area contributed by atoms with Gasteiger partial charge in [0.1, 0.15) is 0 Å². The summed E-state index contributed by atoms with van der Waals surface area (Å²) in [6.45, 7) is 3.61. The molecule has 0 bridgehead atoms. The molecule has 0 aromatic heterocycles. The predicted molar refractivity (Wildman–Crippen MR) is 56.3 cm³/mol. The van der Waals surface area contributed by atoms with E-state index in [9.17, 15) is 0 Å². The van der Waals surface area contributed by atoms with Gasteiger partial charge < -0.3 is 5.73 Å². The molecule has 0 saturated carbocycles. The maximum atomic E-state index is 5.88. The van der Waals surface area contributed by atoms with E-state index in [2.05, 4.69) is 22.5 Å². The van der Waals surface area contributed by atoms with Crippen LogP contribution in [-0.4, -0.2) is 0 Å². The Hall–Kier alpha value is -0.310. The van der Waals surface area contributed by atoms with Crippen molar-refractivity contribution < 1.29 is 0 Å². The fourth-order valence-electron chi connectivity index (χ4n) is 0.856. The van der Waals surface area contributed by atoms with Crippen LogP contribution in [0.1, 0.15) is 11.6 Å². The number of halogens is 2. The first kappa shape index (κ1) is 9.78. The highest BCUT2D eigenvalue weighted by Crippen LogP contribution is 2.25. The second kappa shape index (κ2) is 4.08. The minimum absolute atomic E-state index is 0.143. The summed E-state index contributed by atoms with van der Waals surface area (Å²) in [7, 11) is 0. The van der Waals surface area contributed by atoms with Crippen molar-refractivity contribution in [1.29, 1.82) is 0 Å². The summed E-state index contributed by atoms with van der Waals surface area (Å²) in [6.07, 6.45) is 1.68. The number of nitrogens with two attached hydrogens (primary N) is 1. The minimum atomic E-state index is -0.143. The zero-order valence-corrected chi connectivity index (χ0v) is 8.77. The van der Waals surface area contributed by atoms with Crippen LogP contribution in [0.5, 0.6) is 0 Å². The molecule has 2 N–H and O–H groups in total. The summed E-state index contributed by atoms with van der Waals surface area (Å²) in [6, 6.07) is 5.48. The highest BCUT2D eigenvalue weighted by atomic mass is 79.9. The van der Waals surface area contributed by atoms with Crippen molar-refractivity contribution in [3.05, 3.63) is 45.9 Å². The lowest BCUT2D eigenvalue weighted by Crippen LogP contribution is -2.05. The molecular formula is C9H9BrClN. The molecule has 1 rings (SSSR count). The molecule has 1 aromatic carbocycles. The van der Waals surface area contributed by atoms with Crippen LogP contribution in [0.25, 0.3) is 0 Å². The maximum absolute atomic E-state index is 5.88. The van der Waals surface area contributed by atoms with Crippen LogP contribution in [0.4, 0.5) is 0 Å². The van der Waals surface area contributed by atoms with E-state index in [4.69, 9.17) is 17.3 Å². The highest BCUT2D eigenvalue weighted by molar-refractivity contribution is 9.10. The average molecular weight is 247 g/mol. The first-order valence-electron chi connectivity index (χ1n) is 3.48. The molecule has 0 fully saturated rings. The first-order chi connectivity index (χ1) is 5.65. The highest BCUT2D eigenvalue weighted by Gasteiger charge is 2.03. The summed E-state index contributed by atoms with van der Waals surface area (Å²) >= 11 is 9.18. The Kier molecular flexibility index (Phi) is 3.32. The van der Waals surface area contributed by atoms with Crippen molar-refractivity contribution in [2.75, 3.05) is 0 Å². The summed E-state index contributed by atoms with van der Waals surface area (Å²) < 4.78 is 0.879. The average Bonchev–Trinajstić information content (AvgIpc) is 2.08. The molecule has 0 spiro atoms. The van der Waals surface area contributed by atoms with E-state index in [0.29, 0.717) is 5.02 Å². The number of hydrogen-bond acceptors (Lipinski definition) is 1. The third kappa shape index (κ3) is 2.09. The van der Waals surface area contributed by atoms with Crippen molar-refractivity contribution in [3.63, 3.8) is 0 Å². The van der Waals surface area contributed by atoms with E-state index in [0.717, 1.165) is 10.0 Å². The van der Waals surface area contributed by atoms with E-state index < -0.39 is 0 Å². The van der Waals surface area contributed by atoms with Gasteiger partial charge in [0.05, 0.1) is 5.02 Å². The Morgan fingerprint density at radius 1 is 1.58 bits per heavy atom. The molecule has 0 aliphatic heterocycles. The van der Waals surface area contributed by atoms with Gasteiger partial charge in [0, 0.05) is 10.5 Å². The van der Waals surface area contributed by atoms with Gasteiger partial charge in [0.2, 0.25) is 0 Å². The standard InChI is InChI=1S/C9H9BrClN/c1-2-9(12)6-3-4-7(10)8(11)5-6/h2-5,9H,1,12H2. The summed E-state index contributed by atoms with van der Waals surface area (Å²) in [5.74, 6) is 0. The van der Waals surface area contributed by atoms with E-state index in [1.807, 2.05) is 18.2 Å². The normalized spacial score (nSPS) is 12.6. The smallest absolute Gasteiger partial charge is 0.0551 e. The first-order valence-corrected chi connectivity index (χ1v) is 4.65. The second-order valence-corrected chi connectivity index (χ2v) is 3.70. The molecule has 0 aliphatic carbocycles. The lowest BCUT2D eigenvalue weighted by molar-refractivity contribution is 0.914. The molecule has 1 aromatic rings. The Morgan fingerprint density at radius 3 is 2.75 bits per heavy atom. The minimum Gasteiger partial charge on any atom is -0.321 e. The monoisotopic (exact) mass is 245 g/mol. The topological polar surface area (TPSA) is 26.0 Å². The molecule has 1 unspecified atom stereocenters. The lowest BCUT2D eigenvalue weighted by atomic mass is 10.1. The zero-order valence-electron chi connectivity index (χ0n) is 6.43. The Labute approximate surface area is 85.3 Å². The SMILES string of the molecule is C=CC(N)c1ccc(Br)c(Cl)c1. The van der Waals surface area contributed by atoms with Crippen molar-refractivity contribution in [2.24, 2.45) is 5.73 Å². The van der Waals surface area contributed by atoms with Crippen LogP contribution in [-0.2, 0) is 0 Å². The van der Waals surface area contributed by atoms with Gasteiger partial charge in [-0.25, -0.2) is 0 Å². The van der Waals surface area contributed by atoms with Gasteiger partial charge >= 0.3 is 0 Å². The van der Waals surface area contributed by atoms with Crippen LogP contribution in [0.2, 0.25) is 5.02 Å². The van der Waals surface area contributed by atoms with Gasteiger partial charge in [-0.3, -0.25) is 0 Å². The van der Waals surface area contributed by atoms with E-state index in [1.165, 1.54) is 0 Å². The molecule has 12 heavy (non-hydrogen) atoms. The van der Waals surface area contributed by atoms with Gasteiger partial charge in [-0.2, -0.15) is 0 Å². The fourth-order valence-corrected chi connectivity index (χ4v) is 1.29. The van der Waals surface area contributed by atoms with Crippen molar-refractivity contribution in [1.82, 2.24) is 0 Å². The molecule has 1 nitrogen and oxygen atoms in total.